The molecule has 3 aromatic heterocycles. The molecule has 0 aliphatic rings. The van der Waals surface area contributed by atoms with Crippen LogP contribution in [0.2, 0.25) is 0 Å². The Morgan fingerprint density at radius 1 is 1.27 bits per heavy atom. The molecule has 1 amide bonds. The van der Waals surface area contributed by atoms with Gasteiger partial charge in [0, 0.05) is 12.4 Å². The zero-order chi connectivity index (χ0) is 15.7. The van der Waals surface area contributed by atoms with Gasteiger partial charge in [0.05, 0.1) is 24.1 Å². The molecule has 3 heterocycles. The van der Waals surface area contributed by atoms with E-state index in [2.05, 4.69) is 10.3 Å². The molecule has 1 N–H and O–H groups in total. The highest BCUT2D eigenvalue weighted by Crippen LogP contribution is 2.29. The molecule has 22 heavy (non-hydrogen) atoms. The fourth-order valence-corrected chi connectivity index (χ4v) is 1.96. The van der Waals surface area contributed by atoms with Crippen molar-refractivity contribution in [3.63, 3.8) is 0 Å². The average Bonchev–Trinajstić information content (AvgIpc) is 3.11. The molecular formula is C14H10F3N3O2. The number of hydrogen-bond acceptors (Lipinski definition) is 3. The lowest BCUT2D eigenvalue weighted by atomic mass is 10.3. The predicted octanol–water partition coefficient (Wildman–Crippen LogP) is 2.88. The van der Waals surface area contributed by atoms with Gasteiger partial charge in [0.1, 0.15) is 5.65 Å². The van der Waals surface area contributed by atoms with E-state index in [0.29, 0.717) is 11.3 Å². The smallest absolute Gasteiger partial charge is 0.417 e. The summed E-state index contributed by atoms with van der Waals surface area (Å²) in [5.74, 6) is -0.263. The Bertz CT molecular complexity index is 806. The molecule has 0 atom stereocenters. The van der Waals surface area contributed by atoms with E-state index in [1.54, 1.807) is 6.07 Å². The molecule has 114 valence electrons. The summed E-state index contributed by atoms with van der Waals surface area (Å²) in [6.07, 6.45) is -0.641. The Morgan fingerprint density at radius 2 is 2.09 bits per heavy atom. The van der Waals surface area contributed by atoms with Crippen molar-refractivity contribution >= 4 is 11.6 Å². The van der Waals surface area contributed by atoms with Gasteiger partial charge in [-0.05, 0) is 24.3 Å². The number of nitrogens with one attached hydrogen (secondary N) is 1. The van der Waals surface area contributed by atoms with E-state index in [0.717, 1.165) is 12.3 Å². The number of furan rings is 1. The number of carbonyl (C=O) groups excluding carboxylic acids is 1. The van der Waals surface area contributed by atoms with Crippen LogP contribution in [0.1, 0.15) is 21.8 Å². The zero-order valence-corrected chi connectivity index (χ0v) is 11.1. The maximum Gasteiger partial charge on any atom is 0.417 e. The monoisotopic (exact) mass is 309 g/mol. The van der Waals surface area contributed by atoms with E-state index in [-0.39, 0.29) is 12.3 Å². The van der Waals surface area contributed by atoms with Crippen molar-refractivity contribution in [2.75, 3.05) is 0 Å². The van der Waals surface area contributed by atoms with Gasteiger partial charge in [-0.1, -0.05) is 0 Å². The van der Waals surface area contributed by atoms with Crippen molar-refractivity contribution in [2.45, 2.75) is 12.7 Å². The summed E-state index contributed by atoms with van der Waals surface area (Å²) in [7, 11) is 0. The maximum absolute atomic E-state index is 12.6. The minimum Gasteiger partial charge on any atom is -0.459 e. The van der Waals surface area contributed by atoms with Crippen LogP contribution in [0.25, 0.3) is 5.65 Å². The summed E-state index contributed by atoms with van der Waals surface area (Å²) >= 11 is 0. The molecule has 3 aromatic rings. The van der Waals surface area contributed by atoms with E-state index < -0.39 is 17.6 Å². The van der Waals surface area contributed by atoms with Crippen molar-refractivity contribution < 1.29 is 22.4 Å². The van der Waals surface area contributed by atoms with Crippen LogP contribution in [0.3, 0.4) is 0 Å². The van der Waals surface area contributed by atoms with E-state index in [1.807, 2.05) is 0 Å². The first kappa shape index (κ1) is 14.2. The van der Waals surface area contributed by atoms with E-state index in [9.17, 15) is 18.0 Å². The van der Waals surface area contributed by atoms with E-state index in [4.69, 9.17) is 4.42 Å². The van der Waals surface area contributed by atoms with Crippen molar-refractivity contribution in [1.29, 1.82) is 0 Å². The number of halogens is 3. The Labute approximate surface area is 122 Å². The Morgan fingerprint density at radius 3 is 2.77 bits per heavy atom. The van der Waals surface area contributed by atoms with Gasteiger partial charge in [-0.15, -0.1) is 0 Å². The first-order chi connectivity index (χ1) is 10.4. The Balaban J connectivity index is 1.76. The fourth-order valence-electron chi connectivity index (χ4n) is 1.96. The second-order valence-electron chi connectivity index (χ2n) is 4.57. The Hall–Kier alpha value is -2.77. The highest BCUT2D eigenvalue weighted by molar-refractivity contribution is 5.91. The third-order valence-corrected chi connectivity index (χ3v) is 3.00. The van der Waals surface area contributed by atoms with Crippen LogP contribution < -0.4 is 5.32 Å². The van der Waals surface area contributed by atoms with Gasteiger partial charge in [0.25, 0.3) is 5.91 Å². The number of hydrogen-bond donors (Lipinski definition) is 1. The normalized spacial score (nSPS) is 11.8. The van der Waals surface area contributed by atoms with E-state index >= 15 is 0 Å². The number of amides is 1. The van der Waals surface area contributed by atoms with Crippen molar-refractivity contribution in [3.05, 3.63) is 59.9 Å². The molecule has 0 unspecified atom stereocenters. The minimum atomic E-state index is -4.41. The highest BCUT2D eigenvalue weighted by atomic mass is 19.4. The highest BCUT2D eigenvalue weighted by Gasteiger charge is 2.30. The topological polar surface area (TPSA) is 59.5 Å². The predicted molar refractivity (Wildman–Crippen MR) is 70.1 cm³/mol. The van der Waals surface area contributed by atoms with Crippen LogP contribution in [-0.4, -0.2) is 15.3 Å². The number of carbonyl (C=O) groups is 1. The lowest BCUT2D eigenvalue weighted by Crippen LogP contribution is -2.22. The maximum atomic E-state index is 12.6. The SMILES string of the molecule is O=C(NCc1cn2cc(C(F)(F)F)ccc2n1)c1ccco1. The number of imidazole rings is 1. The van der Waals surface area contributed by atoms with Crippen LogP contribution in [0.4, 0.5) is 13.2 Å². The Kier molecular flexibility index (Phi) is 3.36. The van der Waals surface area contributed by atoms with Crippen LogP contribution >= 0.6 is 0 Å². The summed E-state index contributed by atoms with van der Waals surface area (Å²) in [6, 6.07) is 5.33. The minimum absolute atomic E-state index is 0.0859. The summed E-state index contributed by atoms with van der Waals surface area (Å²) in [6.45, 7) is 0.0859. The molecule has 0 saturated carbocycles. The quantitative estimate of drug-likeness (QED) is 0.809. The number of pyridine rings is 1. The molecule has 0 spiro atoms. The third kappa shape index (κ3) is 2.80. The standard InChI is InChI=1S/C14H10F3N3O2/c15-14(16,17)9-3-4-12-19-10(8-20(12)7-9)6-18-13(21)11-2-1-5-22-11/h1-5,7-8H,6H2,(H,18,21). The van der Waals surface area contributed by atoms with Crippen molar-refractivity contribution in [3.8, 4) is 0 Å². The summed E-state index contributed by atoms with van der Waals surface area (Å²) in [5, 5.41) is 2.58. The van der Waals surface area contributed by atoms with Gasteiger partial charge in [0.2, 0.25) is 0 Å². The molecule has 0 aliphatic heterocycles. The number of aromatic nitrogens is 2. The second-order valence-corrected chi connectivity index (χ2v) is 4.57. The number of rotatable bonds is 3. The van der Waals surface area contributed by atoms with Gasteiger partial charge in [-0.25, -0.2) is 4.98 Å². The van der Waals surface area contributed by atoms with Crippen LogP contribution in [-0.2, 0) is 12.7 Å². The molecule has 0 fully saturated rings. The molecule has 8 heteroatoms. The third-order valence-electron chi connectivity index (χ3n) is 3.00. The summed E-state index contributed by atoms with van der Waals surface area (Å²) in [5.41, 5.74) is 0.0537. The lowest BCUT2D eigenvalue weighted by Gasteiger charge is -2.05. The van der Waals surface area contributed by atoms with Gasteiger partial charge in [-0.3, -0.25) is 4.79 Å². The molecule has 0 aliphatic carbocycles. The lowest BCUT2D eigenvalue weighted by molar-refractivity contribution is -0.137. The molecule has 3 rings (SSSR count). The number of fused-ring (bicyclic) bond motifs is 1. The largest absolute Gasteiger partial charge is 0.459 e. The molecule has 0 bridgehead atoms. The van der Waals surface area contributed by atoms with Gasteiger partial charge < -0.3 is 14.1 Å². The van der Waals surface area contributed by atoms with Crippen LogP contribution in [0.15, 0.2) is 47.3 Å². The zero-order valence-electron chi connectivity index (χ0n) is 11.1. The van der Waals surface area contributed by atoms with Crippen molar-refractivity contribution in [1.82, 2.24) is 14.7 Å². The van der Waals surface area contributed by atoms with Crippen LogP contribution in [0, 0.1) is 0 Å². The molecular weight excluding hydrogens is 299 g/mol. The summed E-state index contributed by atoms with van der Waals surface area (Å²) in [4.78, 5) is 15.8. The van der Waals surface area contributed by atoms with Gasteiger partial charge in [0.15, 0.2) is 5.76 Å². The molecule has 0 aromatic carbocycles. The number of nitrogens with zero attached hydrogens (tertiary/aromatic N) is 2. The van der Waals surface area contributed by atoms with Crippen LogP contribution in [0.5, 0.6) is 0 Å². The molecule has 5 nitrogen and oxygen atoms in total. The van der Waals surface area contributed by atoms with E-state index in [1.165, 1.54) is 29.0 Å². The first-order valence-electron chi connectivity index (χ1n) is 6.30. The van der Waals surface area contributed by atoms with Gasteiger partial charge in [-0.2, -0.15) is 13.2 Å². The summed E-state index contributed by atoms with van der Waals surface area (Å²) < 4.78 is 44.1. The second kappa shape index (κ2) is 5.21. The first-order valence-corrected chi connectivity index (χ1v) is 6.30. The molecule has 0 saturated heterocycles. The molecule has 0 radical (unpaired) electrons. The number of alkyl halides is 3. The van der Waals surface area contributed by atoms with Crippen molar-refractivity contribution in [2.24, 2.45) is 0 Å². The average molecular weight is 309 g/mol. The fraction of sp³-hybridized carbons (Fsp3) is 0.143. The van der Waals surface area contributed by atoms with Gasteiger partial charge >= 0.3 is 6.18 Å².